The van der Waals surface area contributed by atoms with Gasteiger partial charge >= 0.3 is 0 Å². The van der Waals surface area contributed by atoms with E-state index >= 15 is 0 Å². The maximum Gasteiger partial charge on any atom is 0.220 e. The smallest absolute Gasteiger partial charge is 0.220 e. The molecule has 0 heterocycles. The maximum absolute atomic E-state index is 10.2. The minimum atomic E-state index is -3.46. The summed E-state index contributed by atoms with van der Waals surface area (Å²) in [6.07, 6.45) is 0. The quantitative estimate of drug-likeness (QED) is 0.518. The topological polar surface area (TPSA) is 89.3 Å². The Morgan fingerprint density at radius 2 is 2.10 bits per heavy atom. The van der Waals surface area contributed by atoms with Gasteiger partial charge in [-0.25, -0.2) is 13.6 Å². The van der Waals surface area contributed by atoms with Crippen molar-refractivity contribution < 1.29 is 13.2 Å². The summed E-state index contributed by atoms with van der Waals surface area (Å²) in [5.74, 6) is -0.766. The molecule has 0 aromatic heterocycles. The summed E-state index contributed by atoms with van der Waals surface area (Å²) >= 11 is 0. The second kappa shape index (κ2) is 3.52. The van der Waals surface area contributed by atoms with Crippen molar-refractivity contribution in [1.29, 1.82) is 0 Å². The third-order valence-electron chi connectivity index (χ3n) is 0.709. The van der Waals surface area contributed by atoms with Gasteiger partial charge in [0, 0.05) is 13.5 Å². The molecule has 1 amide bonds. The molecule has 0 spiro atoms. The lowest BCUT2D eigenvalue weighted by Crippen LogP contribution is -2.29. The highest BCUT2D eigenvalue weighted by Gasteiger charge is 2.01. The Hall–Kier alpha value is -0.620. The number of primary sulfonamides is 1. The van der Waals surface area contributed by atoms with Gasteiger partial charge in [0.2, 0.25) is 15.9 Å². The zero-order valence-electron chi connectivity index (χ0n) is 5.33. The Morgan fingerprint density at radius 3 is 2.40 bits per heavy atom. The van der Waals surface area contributed by atoms with Crippen molar-refractivity contribution in [2.24, 2.45) is 5.14 Å². The lowest BCUT2D eigenvalue weighted by atomic mass is 10.6. The molecule has 0 aliphatic rings. The number of nitrogens with one attached hydrogen (secondary N) is 1. The van der Waals surface area contributed by atoms with Gasteiger partial charge < -0.3 is 5.32 Å². The zero-order chi connectivity index (χ0) is 8.20. The van der Waals surface area contributed by atoms with Crippen molar-refractivity contribution in [2.45, 2.75) is 0 Å². The molecule has 0 aromatic carbocycles. The average molecular weight is 165 g/mol. The van der Waals surface area contributed by atoms with Gasteiger partial charge in [0.1, 0.15) is 0 Å². The van der Waals surface area contributed by atoms with Crippen LogP contribution in [0.4, 0.5) is 0 Å². The van der Waals surface area contributed by atoms with Gasteiger partial charge in [-0.2, -0.15) is 0 Å². The molecule has 5 nitrogen and oxygen atoms in total. The number of rotatable bonds is 3. The Morgan fingerprint density at radius 1 is 1.60 bits per heavy atom. The van der Waals surface area contributed by atoms with E-state index in [2.05, 4.69) is 17.4 Å². The number of sulfonamides is 1. The largest absolute Gasteiger partial charge is 0.355 e. The van der Waals surface area contributed by atoms with Crippen LogP contribution in [0.15, 0.2) is 0 Å². The summed E-state index contributed by atoms with van der Waals surface area (Å²) in [7, 11) is -3.46. The first kappa shape index (κ1) is 9.38. The second-order valence-electron chi connectivity index (χ2n) is 1.72. The van der Waals surface area contributed by atoms with Gasteiger partial charge in [0.05, 0.1) is 5.75 Å². The summed E-state index contributed by atoms with van der Waals surface area (Å²) in [5.41, 5.74) is 0. The van der Waals surface area contributed by atoms with Crippen LogP contribution in [-0.2, 0) is 14.8 Å². The standard InChI is InChI=1S/C4H9N2O3S/c1-4(7)6-2-3-10(5,8)9/h1-3H2,(H,6,7)(H2,5,8,9). The van der Waals surface area contributed by atoms with Crippen LogP contribution >= 0.6 is 0 Å². The van der Waals surface area contributed by atoms with Crippen molar-refractivity contribution in [3.63, 3.8) is 0 Å². The first-order valence-electron chi connectivity index (χ1n) is 2.52. The monoisotopic (exact) mass is 165 g/mol. The number of amides is 1. The summed E-state index contributed by atoms with van der Waals surface area (Å²) in [6.45, 7) is 2.99. The molecule has 0 aliphatic heterocycles. The van der Waals surface area contributed by atoms with Crippen LogP contribution < -0.4 is 10.5 Å². The third kappa shape index (κ3) is 7.38. The van der Waals surface area contributed by atoms with Gasteiger partial charge in [-0.05, 0) is 0 Å². The van der Waals surface area contributed by atoms with Crippen molar-refractivity contribution in [2.75, 3.05) is 12.3 Å². The van der Waals surface area contributed by atoms with Crippen LogP contribution in [0.25, 0.3) is 0 Å². The summed E-state index contributed by atoms with van der Waals surface area (Å²) < 4.78 is 20.4. The number of carbonyl (C=O) groups is 1. The summed E-state index contributed by atoms with van der Waals surface area (Å²) in [4.78, 5) is 10.1. The van der Waals surface area contributed by atoms with Gasteiger partial charge in [0.25, 0.3) is 0 Å². The van der Waals surface area contributed by atoms with E-state index in [4.69, 9.17) is 0 Å². The van der Waals surface area contributed by atoms with Gasteiger partial charge in [-0.3, -0.25) is 4.79 Å². The van der Waals surface area contributed by atoms with Crippen LogP contribution in [0.5, 0.6) is 0 Å². The molecule has 1 radical (unpaired) electrons. The fraction of sp³-hybridized carbons (Fsp3) is 0.500. The minimum Gasteiger partial charge on any atom is -0.355 e. The molecule has 0 saturated carbocycles. The maximum atomic E-state index is 10.2. The molecule has 6 heteroatoms. The lowest BCUT2D eigenvalue weighted by molar-refractivity contribution is -0.116. The van der Waals surface area contributed by atoms with E-state index in [0.717, 1.165) is 0 Å². The third-order valence-corrected chi connectivity index (χ3v) is 1.48. The molecule has 0 aromatic rings. The van der Waals surface area contributed by atoms with Crippen molar-refractivity contribution >= 4 is 15.9 Å². The van der Waals surface area contributed by atoms with E-state index in [1.807, 2.05) is 0 Å². The van der Waals surface area contributed by atoms with E-state index in [1.54, 1.807) is 0 Å². The highest BCUT2D eigenvalue weighted by Crippen LogP contribution is 1.73. The highest BCUT2D eigenvalue weighted by molar-refractivity contribution is 7.89. The molecule has 0 rings (SSSR count). The van der Waals surface area contributed by atoms with Gasteiger partial charge in [0.15, 0.2) is 0 Å². The molecule has 0 atom stereocenters. The van der Waals surface area contributed by atoms with Gasteiger partial charge in [-0.1, -0.05) is 0 Å². The average Bonchev–Trinajstić information content (AvgIpc) is 1.59. The number of nitrogens with two attached hydrogens (primary N) is 1. The minimum absolute atomic E-state index is 0.0150. The van der Waals surface area contributed by atoms with Crippen molar-refractivity contribution in [3.8, 4) is 0 Å². The number of hydrogen-bond donors (Lipinski definition) is 2. The molecule has 0 unspecified atom stereocenters. The van der Waals surface area contributed by atoms with Crippen LogP contribution in [0, 0.1) is 6.92 Å². The highest BCUT2D eigenvalue weighted by atomic mass is 32.2. The Labute approximate surface area is 59.6 Å². The van der Waals surface area contributed by atoms with E-state index < -0.39 is 15.9 Å². The van der Waals surface area contributed by atoms with E-state index in [-0.39, 0.29) is 12.3 Å². The second-order valence-corrected chi connectivity index (χ2v) is 3.45. The zero-order valence-corrected chi connectivity index (χ0v) is 6.15. The molecular weight excluding hydrogens is 156 g/mol. The van der Waals surface area contributed by atoms with Gasteiger partial charge in [-0.15, -0.1) is 0 Å². The molecule has 0 saturated heterocycles. The molecule has 0 fully saturated rings. The van der Waals surface area contributed by atoms with Crippen molar-refractivity contribution in [1.82, 2.24) is 5.32 Å². The number of carbonyl (C=O) groups excluding carboxylic acids is 1. The fourth-order valence-electron chi connectivity index (χ4n) is 0.333. The molecule has 3 N–H and O–H groups in total. The Balaban J connectivity index is 3.49. The van der Waals surface area contributed by atoms with Crippen LogP contribution in [0.1, 0.15) is 0 Å². The van der Waals surface area contributed by atoms with E-state index in [9.17, 15) is 13.2 Å². The van der Waals surface area contributed by atoms with Crippen LogP contribution in [0.2, 0.25) is 0 Å². The predicted molar refractivity (Wildman–Crippen MR) is 36.3 cm³/mol. The predicted octanol–water partition coefficient (Wildman–Crippen LogP) is -1.77. The molecular formula is C4H9N2O3S. The van der Waals surface area contributed by atoms with Crippen LogP contribution in [0.3, 0.4) is 0 Å². The Kier molecular flexibility index (Phi) is 3.31. The SMILES string of the molecule is [CH2]C(=O)NCCS(N)(=O)=O. The lowest BCUT2D eigenvalue weighted by Gasteiger charge is -1.97. The summed E-state index contributed by atoms with van der Waals surface area (Å²) in [5, 5.41) is 6.82. The molecule has 59 valence electrons. The normalized spacial score (nSPS) is 11.0. The molecule has 0 aliphatic carbocycles. The van der Waals surface area contributed by atoms with E-state index in [1.165, 1.54) is 0 Å². The fourth-order valence-corrected chi connectivity index (χ4v) is 0.719. The Bertz CT molecular complexity index is 209. The van der Waals surface area contributed by atoms with E-state index in [0.29, 0.717) is 0 Å². The molecule has 0 bridgehead atoms. The summed E-state index contributed by atoms with van der Waals surface area (Å²) in [6, 6.07) is 0. The number of hydrogen-bond acceptors (Lipinski definition) is 3. The first-order valence-corrected chi connectivity index (χ1v) is 4.23. The van der Waals surface area contributed by atoms with Crippen molar-refractivity contribution in [3.05, 3.63) is 6.92 Å². The van der Waals surface area contributed by atoms with Crippen LogP contribution in [-0.4, -0.2) is 26.6 Å². The first-order chi connectivity index (χ1) is 4.42. The molecule has 10 heavy (non-hydrogen) atoms.